The molecule has 4 aromatic rings. The van der Waals surface area contributed by atoms with Gasteiger partial charge in [0.15, 0.2) is 0 Å². The molecular weight excluding hydrogens is 471 g/mol. The van der Waals surface area contributed by atoms with E-state index in [4.69, 9.17) is 0 Å². The average molecular weight is 495 g/mol. The number of anilines is 1. The van der Waals surface area contributed by atoms with E-state index in [0.717, 1.165) is 22.7 Å². The Labute approximate surface area is 204 Å². The van der Waals surface area contributed by atoms with Crippen LogP contribution >= 0.6 is 23.1 Å². The van der Waals surface area contributed by atoms with Crippen LogP contribution in [0.3, 0.4) is 0 Å². The van der Waals surface area contributed by atoms with Gasteiger partial charge in [-0.1, -0.05) is 48.8 Å². The Kier molecular flexibility index (Phi) is 6.73. The van der Waals surface area contributed by atoms with Crippen LogP contribution in [0.5, 0.6) is 0 Å². The number of fused-ring (bicyclic) bond motifs is 1. The van der Waals surface area contributed by atoms with Gasteiger partial charge >= 0.3 is 0 Å². The van der Waals surface area contributed by atoms with Crippen LogP contribution < -0.4 is 10.9 Å². The Balaban J connectivity index is 1.32. The number of thioether (sulfide) groups is 1. The summed E-state index contributed by atoms with van der Waals surface area (Å²) in [6.45, 7) is 0. The van der Waals surface area contributed by atoms with Crippen molar-refractivity contribution in [3.63, 3.8) is 0 Å². The zero-order chi connectivity index (χ0) is 23.5. The first-order valence-corrected chi connectivity index (χ1v) is 13.1. The highest BCUT2D eigenvalue weighted by Crippen LogP contribution is 2.35. The number of carbonyl (C=O) groups excluding carboxylic acids is 1. The summed E-state index contributed by atoms with van der Waals surface area (Å²) < 4.78 is 14.9. The third-order valence-electron chi connectivity index (χ3n) is 5.87. The van der Waals surface area contributed by atoms with Gasteiger partial charge in [-0.3, -0.25) is 9.59 Å². The number of carbonyl (C=O) groups is 1. The largest absolute Gasteiger partial charge is 0.321 e. The van der Waals surface area contributed by atoms with Crippen molar-refractivity contribution >= 4 is 39.7 Å². The van der Waals surface area contributed by atoms with E-state index in [9.17, 15) is 14.0 Å². The fraction of sp³-hybridized carbons (Fsp3) is 0.280. The second kappa shape index (κ2) is 10.1. The molecular formula is C25H23FN4O2S2. The van der Waals surface area contributed by atoms with Crippen LogP contribution in [-0.4, -0.2) is 20.5 Å². The highest BCUT2D eigenvalue weighted by atomic mass is 32.2. The molecule has 0 aliphatic heterocycles. The fourth-order valence-electron chi connectivity index (χ4n) is 4.13. The molecule has 0 saturated heterocycles. The summed E-state index contributed by atoms with van der Waals surface area (Å²) in [6, 6.07) is 14.5. The van der Waals surface area contributed by atoms with Gasteiger partial charge in [0.2, 0.25) is 4.96 Å². The third-order valence-corrected chi connectivity index (χ3v) is 8.04. The molecule has 0 atom stereocenters. The van der Waals surface area contributed by atoms with E-state index < -0.39 is 5.82 Å². The van der Waals surface area contributed by atoms with Gasteiger partial charge in [-0.25, -0.2) is 9.37 Å². The molecule has 1 amide bonds. The summed E-state index contributed by atoms with van der Waals surface area (Å²) in [6.07, 6.45) is 5.93. The Morgan fingerprint density at radius 3 is 2.76 bits per heavy atom. The van der Waals surface area contributed by atoms with Crippen LogP contribution in [-0.2, 0) is 5.75 Å². The number of hydrogen-bond donors (Lipinski definition) is 1. The van der Waals surface area contributed by atoms with Gasteiger partial charge in [0.1, 0.15) is 10.8 Å². The quantitative estimate of drug-likeness (QED) is 0.339. The lowest BCUT2D eigenvalue weighted by atomic mass is 9.90. The van der Waals surface area contributed by atoms with Crippen LogP contribution in [0.25, 0.3) is 4.96 Å². The molecule has 34 heavy (non-hydrogen) atoms. The van der Waals surface area contributed by atoms with Crippen LogP contribution in [0.15, 0.2) is 64.3 Å². The summed E-state index contributed by atoms with van der Waals surface area (Å²) in [4.78, 5) is 31.4. The second-order valence-corrected chi connectivity index (χ2v) is 10.3. The van der Waals surface area contributed by atoms with Crippen molar-refractivity contribution in [3.05, 3.63) is 87.0 Å². The summed E-state index contributed by atoms with van der Waals surface area (Å²) in [7, 11) is 0. The van der Waals surface area contributed by atoms with E-state index in [0.29, 0.717) is 28.0 Å². The first-order chi connectivity index (χ1) is 16.6. The maximum atomic E-state index is 13.5. The van der Waals surface area contributed by atoms with Crippen LogP contribution in [0.2, 0.25) is 0 Å². The molecule has 6 nitrogen and oxygen atoms in total. The molecule has 0 radical (unpaired) electrons. The fourth-order valence-corrected chi connectivity index (χ4v) is 6.12. The monoisotopic (exact) mass is 494 g/mol. The van der Waals surface area contributed by atoms with E-state index in [-0.39, 0.29) is 17.0 Å². The van der Waals surface area contributed by atoms with Gasteiger partial charge in [-0.05, 0) is 43.2 Å². The zero-order valence-corrected chi connectivity index (χ0v) is 20.0. The van der Waals surface area contributed by atoms with Gasteiger partial charge in [0, 0.05) is 28.2 Å². The van der Waals surface area contributed by atoms with Crippen LogP contribution in [0, 0.1) is 5.82 Å². The summed E-state index contributed by atoms with van der Waals surface area (Å²) >= 11 is 2.99. The van der Waals surface area contributed by atoms with Crippen molar-refractivity contribution < 1.29 is 9.18 Å². The number of nitrogens with one attached hydrogen (secondary N) is 1. The van der Waals surface area contributed by atoms with Gasteiger partial charge in [0.05, 0.1) is 11.4 Å². The Bertz CT molecular complexity index is 1400. The van der Waals surface area contributed by atoms with Gasteiger partial charge in [0.25, 0.3) is 11.5 Å². The topological polar surface area (TPSA) is 76.4 Å². The van der Waals surface area contributed by atoms with Gasteiger partial charge < -0.3 is 5.32 Å². The van der Waals surface area contributed by atoms with E-state index in [1.807, 2.05) is 18.2 Å². The Hall–Kier alpha value is -3.04. The first-order valence-electron chi connectivity index (χ1n) is 11.3. The lowest BCUT2D eigenvalue weighted by Gasteiger charge is -2.18. The van der Waals surface area contributed by atoms with Crippen LogP contribution in [0.1, 0.15) is 59.1 Å². The summed E-state index contributed by atoms with van der Waals surface area (Å²) in [5.74, 6) is 0.0455. The number of halogens is 1. The number of para-hydroxylation sites is 1. The maximum absolute atomic E-state index is 13.5. The molecule has 1 aliphatic rings. The van der Waals surface area contributed by atoms with Crippen molar-refractivity contribution in [1.82, 2.24) is 14.6 Å². The van der Waals surface area contributed by atoms with Gasteiger partial charge in [-0.15, -0.1) is 11.8 Å². The minimum Gasteiger partial charge on any atom is -0.321 e. The molecule has 1 saturated carbocycles. The number of rotatable bonds is 6. The number of amides is 1. The minimum absolute atomic E-state index is 0.174. The highest BCUT2D eigenvalue weighted by Gasteiger charge is 2.21. The number of hydrogen-bond acceptors (Lipinski definition) is 6. The predicted molar refractivity (Wildman–Crippen MR) is 133 cm³/mol. The number of aromatic nitrogens is 3. The SMILES string of the molecule is O=C(Nc1ccccc1SCc1cc(=O)n2nc(C3CCCCC3)sc2n1)c1cccc(F)c1. The molecule has 0 spiro atoms. The molecule has 174 valence electrons. The second-order valence-electron chi connectivity index (χ2n) is 8.30. The minimum atomic E-state index is -0.460. The molecule has 2 aromatic heterocycles. The van der Waals surface area contributed by atoms with E-state index >= 15 is 0 Å². The van der Waals surface area contributed by atoms with Crippen LogP contribution in [0.4, 0.5) is 10.1 Å². The predicted octanol–water partition coefficient (Wildman–Crippen LogP) is 5.88. The highest BCUT2D eigenvalue weighted by molar-refractivity contribution is 7.98. The Morgan fingerprint density at radius 2 is 1.94 bits per heavy atom. The average Bonchev–Trinajstić information content (AvgIpc) is 3.29. The van der Waals surface area contributed by atoms with E-state index in [1.54, 1.807) is 12.1 Å². The number of nitrogens with zero attached hydrogens (tertiary/aromatic N) is 3. The van der Waals surface area contributed by atoms with Crippen molar-refractivity contribution in [2.75, 3.05) is 5.32 Å². The lowest BCUT2D eigenvalue weighted by Crippen LogP contribution is -2.16. The lowest BCUT2D eigenvalue weighted by molar-refractivity contribution is 0.102. The summed E-state index contributed by atoms with van der Waals surface area (Å²) in [5, 5.41) is 8.41. The Morgan fingerprint density at radius 1 is 1.12 bits per heavy atom. The van der Waals surface area contributed by atoms with Crippen molar-refractivity contribution in [2.45, 2.75) is 48.7 Å². The molecule has 1 aliphatic carbocycles. The summed E-state index contributed by atoms with van der Waals surface area (Å²) in [5.41, 5.74) is 1.36. The van der Waals surface area contributed by atoms with Crippen molar-refractivity contribution in [3.8, 4) is 0 Å². The molecule has 1 N–H and O–H groups in total. The molecule has 2 heterocycles. The third kappa shape index (κ3) is 5.05. The van der Waals surface area contributed by atoms with Gasteiger partial charge in [-0.2, -0.15) is 9.61 Å². The smallest absolute Gasteiger partial charge is 0.275 e. The van der Waals surface area contributed by atoms with E-state index in [2.05, 4.69) is 15.4 Å². The number of benzene rings is 2. The molecule has 0 unspecified atom stereocenters. The van der Waals surface area contributed by atoms with Crippen molar-refractivity contribution in [1.29, 1.82) is 0 Å². The van der Waals surface area contributed by atoms with E-state index in [1.165, 1.54) is 71.1 Å². The molecule has 1 fully saturated rings. The standard InChI is InChI=1S/C25H23FN4O2S2/c26-18-10-6-9-17(13-18)23(32)28-20-11-4-5-12-21(20)33-15-19-14-22(31)30-25(27-19)34-24(29-30)16-7-2-1-3-8-16/h4-6,9-14,16H,1-3,7-8,15H2,(H,28,32). The zero-order valence-electron chi connectivity index (χ0n) is 18.4. The first kappa shape index (κ1) is 22.7. The molecule has 5 rings (SSSR count). The van der Waals surface area contributed by atoms with Crippen molar-refractivity contribution in [2.24, 2.45) is 0 Å². The molecule has 9 heteroatoms. The normalized spacial score (nSPS) is 14.4. The molecule has 0 bridgehead atoms. The molecule has 2 aromatic carbocycles. The maximum Gasteiger partial charge on any atom is 0.275 e.